The average Bonchev–Trinajstić information content (AvgIpc) is 2.28. The summed E-state index contributed by atoms with van der Waals surface area (Å²) < 4.78 is 59.4. The first-order valence-electron chi connectivity index (χ1n) is 5.12. The molecule has 0 radical (unpaired) electrons. The molecule has 1 aromatic rings. The first-order valence-corrected chi connectivity index (χ1v) is 7.15. The maximum absolute atomic E-state index is 11.9. The van der Waals surface area contributed by atoms with Crippen LogP contribution in [-0.4, -0.2) is 32.8 Å². The Bertz CT molecular complexity index is 617. The Balaban J connectivity index is 2.85. The van der Waals surface area contributed by atoms with E-state index in [0.29, 0.717) is 0 Å². The molecule has 3 N–H and O–H groups in total. The number of amides is 1. The summed E-state index contributed by atoms with van der Waals surface area (Å²) in [4.78, 5) is 10.8. The minimum Gasteiger partial charge on any atom is -0.398 e. The minimum atomic E-state index is -4.62. The first-order chi connectivity index (χ1) is 9.01. The smallest absolute Gasteiger partial charge is 0.398 e. The van der Waals surface area contributed by atoms with E-state index in [9.17, 15) is 26.4 Å². The molecule has 1 aromatic carbocycles. The number of nitrogen functional groups attached to an aromatic ring is 1. The Morgan fingerprint density at radius 3 is 2.50 bits per heavy atom. The number of hydrogen-bond donors (Lipinski definition) is 2. The lowest BCUT2D eigenvalue weighted by Crippen LogP contribution is -2.37. The van der Waals surface area contributed by atoms with E-state index >= 15 is 0 Å². The molecule has 112 valence electrons. The summed E-state index contributed by atoms with van der Waals surface area (Å²) in [7, 11) is -4.17. The maximum atomic E-state index is 11.9. The van der Waals surface area contributed by atoms with Crippen LogP contribution in [0.3, 0.4) is 0 Å². The van der Waals surface area contributed by atoms with Crippen LogP contribution < -0.4 is 11.1 Å². The fourth-order valence-electron chi connectivity index (χ4n) is 1.28. The van der Waals surface area contributed by atoms with E-state index in [4.69, 9.17) is 17.3 Å². The summed E-state index contributed by atoms with van der Waals surface area (Å²) in [6.45, 7) is -1.60. The maximum Gasteiger partial charge on any atom is 0.405 e. The highest BCUT2D eigenvalue weighted by atomic mass is 35.5. The van der Waals surface area contributed by atoms with Crippen molar-refractivity contribution in [1.82, 2.24) is 5.32 Å². The van der Waals surface area contributed by atoms with Gasteiger partial charge in [-0.3, -0.25) is 4.79 Å². The fourth-order valence-corrected chi connectivity index (χ4v) is 2.85. The van der Waals surface area contributed by atoms with Gasteiger partial charge < -0.3 is 11.1 Å². The Kier molecular flexibility index (Phi) is 4.87. The lowest BCUT2D eigenvalue weighted by molar-refractivity contribution is -0.137. The van der Waals surface area contributed by atoms with Crippen LogP contribution in [0.2, 0.25) is 5.02 Å². The SMILES string of the molecule is Nc1ccc(Cl)cc1S(=O)(=O)CC(=O)NCC(F)(F)F. The zero-order valence-electron chi connectivity index (χ0n) is 9.87. The van der Waals surface area contributed by atoms with Crippen LogP contribution in [0.1, 0.15) is 0 Å². The number of anilines is 1. The number of hydrogen-bond acceptors (Lipinski definition) is 4. The van der Waals surface area contributed by atoms with Crippen molar-refractivity contribution in [2.75, 3.05) is 18.0 Å². The zero-order chi connectivity index (χ0) is 15.6. The third kappa shape index (κ3) is 4.89. The molecule has 0 heterocycles. The van der Waals surface area contributed by atoms with Crippen LogP contribution >= 0.6 is 11.6 Å². The van der Waals surface area contributed by atoms with Gasteiger partial charge in [-0.2, -0.15) is 13.2 Å². The van der Waals surface area contributed by atoms with Crippen molar-refractivity contribution in [3.05, 3.63) is 23.2 Å². The van der Waals surface area contributed by atoms with E-state index in [-0.39, 0.29) is 10.7 Å². The second-order valence-electron chi connectivity index (χ2n) is 3.83. The molecule has 1 rings (SSSR count). The van der Waals surface area contributed by atoms with Crippen molar-refractivity contribution < 1.29 is 26.4 Å². The van der Waals surface area contributed by atoms with Gasteiger partial charge in [0.25, 0.3) is 0 Å². The van der Waals surface area contributed by atoms with Crippen LogP contribution in [0, 0.1) is 0 Å². The molecule has 0 spiro atoms. The van der Waals surface area contributed by atoms with Crippen LogP contribution in [0.5, 0.6) is 0 Å². The molecule has 5 nitrogen and oxygen atoms in total. The van der Waals surface area contributed by atoms with Gasteiger partial charge in [-0.25, -0.2) is 8.42 Å². The van der Waals surface area contributed by atoms with E-state index in [1.54, 1.807) is 0 Å². The van der Waals surface area contributed by atoms with Crippen molar-refractivity contribution in [1.29, 1.82) is 0 Å². The van der Waals surface area contributed by atoms with Crippen LogP contribution in [0.25, 0.3) is 0 Å². The van der Waals surface area contributed by atoms with Crippen molar-refractivity contribution in [2.24, 2.45) is 0 Å². The second-order valence-corrected chi connectivity index (χ2v) is 6.23. The van der Waals surface area contributed by atoms with Gasteiger partial charge in [-0.1, -0.05) is 11.6 Å². The quantitative estimate of drug-likeness (QED) is 0.816. The number of halogens is 4. The lowest BCUT2D eigenvalue weighted by Gasteiger charge is -2.10. The summed E-state index contributed by atoms with van der Waals surface area (Å²) in [5.41, 5.74) is 5.30. The summed E-state index contributed by atoms with van der Waals surface area (Å²) in [6.07, 6.45) is -4.62. The molecule has 0 saturated heterocycles. The number of nitrogens with one attached hydrogen (secondary N) is 1. The van der Waals surface area contributed by atoms with Crippen molar-refractivity contribution in [3.63, 3.8) is 0 Å². The number of alkyl halides is 3. The largest absolute Gasteiger partial charge is 0.405 e. The molecule has 0 unspecified atom stereocenters. The molecule has 0 aliphatic carbocycles. The summed E-state index contributed by atoms with van der Waals surface area (Å²) in [5, 5.41) is 1.54. The van der Waals surface area contributed by atoms with Gasteiger partial charge in [0.1, 0.15) is 12.3 Å². The van der Waals surface area contributed by atoms with Gasteiger partial charge in [0.2, 0.25) is 5.91 Å². The number of carbonyl (C=O) groups is 1. The first kappa shape index (κ1) is 16.6. The molecule has 20 heavy (non-hydrogen) atoms. The Hall–Kier alpha value is -1.48. The van der Waals surface area contributed by atoms with Crippen LogP contribution in [0.15, 0.2) is 23.1 Å². The summed E-state index contributed by atoms with van der Waals surface area (Å²) in [6, 6.07) is 3.60. The monoisotopic (exact) mass is 330 g/mol. The van der Waals surface area contributed by atoms with E-state index in [2.05, 4.69) is 0 Å². The molecule has 0 saturated carbocycles. The number of sulfone groups is 1. The summed E-state index contributed by atoms with van der Waals surface area (Å²) in [5.74, 6) is -2.42. The van der Waals surface area contributed by atoms with Crippen LogP contribution in [-0.2, 0) is 14.6 Å². The molecule has 0 aliphatic rings. The third-order valence-corrected chi connectivity index (χ3v) is 4.02. The van der Waals surface area contributed by atoms with E-state index in [0.717, 1.165) is 6.07 Å². The Morgan fingerprint density at radius 2 is 1.95 bits per heavy atom. The van der Waals surface area contributed by atoms with Gasteiger partial charge >= 0.3 is 6.18 Å². The van der Waals surface area contributed by atoms with Gasteiger partial charge in [0.05, 0.1) is 10.6 Å². The number of carbonyl (C=O) groups excluding carboxylic acids is 1. The van der Waals surface area contributed by atoms with E-state index in [1.807, 2.05) is 0 Å². The van der Waals surface area contributed by atoms with E-state index in [1.165, 1.54) is 17.4 Å². The molecule has 0 atom stereocenters. The number of rotatable bonds is 4. The summed E-state index contributed by atoms with van der Waals surface area (Å²) >= 11 is 5.61. The Morgan fingerprint density at radius 1 is 1.35 bits per heavy atom. The predicted octanol–water partition coefficient (Wildman–Crippen LogP) is 1.37. The highest BCUT2D eigenvalue weighted by Gasteiger charge is 2.29. The van der Waals surface area contributed by atoms with Gasteiger partial charge in [-0.05, 0) is 18.2 Å². The molecule has 0 aliphatic heterocycles. The zero-order valence-corrected chi connectivity index (χ0v) is 11.4. The molecule has 0 bridgehead atoms. The highest BCUT2D eigenvalue weighted by Crippen LogP contribution is 2.23. The highest BCUT2D eigenvalue weighted by molar-refractivity contribution is 7.92. The van der Waals surface area contributed by atoms with Gasteiger partial charge in [-0.15, -0.1) is 0 Å². The lowest BCUT2D eigenvalue weighted by atomic mass is 10.3. The molecule has 0 aromatic heterocycles. The fraction of sp³-hybridized carbons (Fsp3) is 0.300. The van der Waals surface area contributed by atoms with Crippen LogP contribution in [0.4, 0.5) is 18.9 Å². The second kappa shape index (κ2) is 5.88. The van der Waals surface area contributed by atoms with Gasteiger partial charge in [0, 0.05) is 5.02 Å². The van der Waals surface area contributed by atoms with Crippen molar-refractivity contribution >= 4 is 33.0 Å². The third-order valence-electron chi connectivity index (χ3n) is 2.12. The molecule has 0 fully saturated rings. The molecular weight excluding hydrogens is 321 g/mol. The molecule has 1 amide bonds. The Labute approximate surface area is 117 Å². The average molecular weight is 331 g/mol. The number of benzene rings is 1. The molecule has 10 heteroatoms. The number of nitrogens with two attached hydrogens (primary N) is 1. The van der Waals surface area contributed by atoms with E-state index < -0.39 is 39.1 Å². The topological polar surface area (TPSA) is 89.3 Å². The molecular formula is C10H10ClF3N2O3S. The van der Waals surface area contributed by atoms with Crippen molar-refractivity contribution in [3.8, 4) is 0 Å². The predicted molar refractivity (Wildman–Crippen MR) is 67.0 cm³/mol. The standard InChI is InChI=1S/C10H10ClF3N2O3S/c11-6-1-2-7(15)8(3-6)20(18,19)4-9(17)16-5-10(12,13)14/h1-3H,4-5,15H2,(H,16,17). The van der Waals surface area contributed by atoms with Crippen molar-refractivity contribution in [2.45, 2.75) is 11.1 Å². The normalized spacial score (nSPS) is 12.2. The minimum absolute atomic E-state index is 0.0773. The van der Waals surface area contributed by atoms with Gasteiger partial charge in [0.15, 0.2) is 9.84 Å².